The molecular weight excluding hydrogens is 212 g/mol. The van der Waals surface area contributed by atoms with E-state index >= 15 is 0 Å². The van der Waals surface area contributed by atoms with Crippen LogP contribution in [0.15, 0.2) is 30.3 Å². The second-order valence-corrected chi connectivity index (χ2v) is 4.07. The molecule has 1 aromatic carbocycles. The van der Waals surface area contributed by atoms with Crippen LogP contribution in [0.25, 0.3) is 0 Å². The normalized spacial score (nSPS) is 13.9. The molecule has 1 fully saturated rings. The maximum atomic E-state index is 10.5. The standard InChI is InChI=1S/C7H8.C6H10O.C2H6O/c1-7-5-3-2-4-6-7;7-6-4-2-1-3-5-6;1-2-3/h2-6H,1H3;1-5H2;3H,2H2,1H3. The van der Waals surface area contributed by atoms with Crippen molar-refractivity contribution in [2.75, 3.05) is 6.61 Å². The van der Waals surface area contributed by atoms with Crippen LogP contribution in [0, 0.1) is 6.92 Å². The van der Waals surface area contributed by atoms with Gasteiger partial charge in [-0.3, -0.25) is 4.79 Å². The predicted molar refractivity (Wildman–Crippen MR) is 72.0 cm³/mol. The summed E-state index contributed by atoms with van der Waals surface area (Å²) in [5, 5.41) is 7.57. The largest absolute Gasteiger partial charge is 0.397 e. The van der Waals surface area contributed by atoms with Crippen LogP contribution in [0.2, 0.25) is 0 Å². The summed E-state index contributed by atoms with van der Waals surface area (Å²) in [7, 11) is 0. The summed E-state index contributed by atoms with van der Waals surface area (Å²) in [5.41, 5.74) is 1.32. The Kier molecular flexibility index (Phi) is 10.6. The second-order valence-electron chi connectivity index (χ2n) is 4.07. The van der Waals surface area contributed by atoms with E-state index in [4.69, 9.17) is 5.11 Å². The van der Waals surface area contributed by atoms with Gasteiger partial charge in [0.15, 0.2) is 0 Å². The molecule has 0 heterocycles. The number of rotatable bonds is 0. The van der Waals surface area contributed by atoms with Crippen molar-refractivity contribution in [3.63, 3.8) is 0 Å². The van der Waals surface area contributed by atoms with Gasteiger partial charge in [0, 0.05) is 19.4 Å². The fraction of sp³-hybridized carbons (Fsp3) is 0.533. The zero-order chi connectivity index (χ0) is 12.9. The van der Waals surface area contributed by atoms with Crippen molar-refractivity contribution < 1.29 is 9.90 Å². The first-order valence-corrected chi connectivity index (χ1v) is 6.35. The maximum absolute atomic E-state index is 10.5. The summed E-state index contributed by atoms with van der Waals surface area (Å²) in [4.78, 5) is 10.5. The Morgan fingerprint density at radius 2 is 1.53 bits per heavy atom. The van der Waals surface area contributed by atoms with Crippen LogP contribution in [0.5, 0.6) is 0 Å². The maximum Gasteiger partial charge on any atom is 0.132 e. The number of hydrogen-bond donors (Lipinski definition) is 1. The third-order valence-corrected chi connectivity index (χ3v) is 2.35. The van der Waals surface area contributed by atoms with Crippen molar-refractivity contribution in [3.05, 3.63) is 35.9 Å². The number of carbonyl (C=O) groups is 1. The second kappa shape index (κ2) is 11.3. The van der Waals surface area contributed by atoms with E-state index in [1.165, 1.54) is 12.0 Å². The zero-order valence-electron chi connectivity index (χ0n) is 11.0. The smallest absolute Gasteiger partial charge is 0.132 e. The molecule has 0 aliphatic heterocycles. The van der Waals surface area contributed by atoms with Crippen LogP contribution >= 0.6 is 0 Å². The van der Waals surface area contributed by atoms with Gasteiger partial charge in [-0.25, -0.2) is 0 Å². The lowest BCUT2D eigenvalue weighted by molar-refractivity contribution is -0.120. The number of aryl methyl sites for hydroxylation is 1. The molecule has 96 valence electrons. The van der Waals surface area contributed by atoms with E-state index in [0.29, 0.717) is 5.78 Å². The van der Waals surface area contributed by atoms with Crippen molar-refractivity contribution in [3.8, 4) is 0 Å². The van der Waals surface area contributed by atoms with E-state index < -0.39 is 0 Å². The first-order valence-electron chi connectivity index (χ1n) is 6.35. The van der Waals surface area contributed by atoms with Crippen LogP contribution in [0.1, 0.15) is 44.6 Å². The molecule has 17 heavy (non-hydrogen) atoms. The Labute approximate surface area is 105 Å². The molecule has 0 spiro atoms. The summed E-state index contributed by atoms with van der Waals surface area (Å²) < 4.78 is 0. The minimum absolute atomic E-state index is 0.250. The average Bonchev–Trinajstić information content (AvgIpc) is 2.33. The van der Waals surface area contributed by atoms with Crippen molar-refractivity contribution in [2.45, 2.75) is 46.0 Å². The van der Waals surface area contributed by atoms with Gasteiger partial charge in [-0.05, 0) is 26.7 Å². The molecule has 0 aromatic heterocycles. The van der Waals surface area contributed by atoms with Gasteiger partial charge in [0.05, 0.1) is 0 Å². The average molecular weight is 236 g/mol. The van der Waals surface area contributed by atoms with Crippen molar-refractivity contribution in [1.29, 1.82) is 0 Å². The van der Waals surface area contributed by atoms with Crippen LogP contribution in [-0.4, -0.2) is 17.5 Å². The molecule has 2 rings (SSSR count). The number of carbonyl (C=O) groups excluding carboxylic acids is 1. The highest BCUT2D eigenvalue weighted by molar-refractivity contribution is 5.78. The summed E-state index contributed by atoms with van der Waals surface area (Å²) in [5.74, 6) is 0.464. The molecule has 2 heteroatoms. The predicted octanol–water partition coefficient (Wildman–Crippen LogP) is 3.51. The first kappa shape index (κ1) is 15.9. The number of Topliss-reactive ketones (excluding diaryl/α,β-unsaturated/α-hetero) is 1. The van der Waals surface area contributed by atoms with Crippen LogP contribution in [0.4, 0.5) is 0 Å². The number of benzene rings is 1. The molecule has 1 aliphatic carbocycles. The highest BCUT2D eigenvalue weighted by atomic mass is 16.2. The van der Waals surface area contributed by atoms with E-state index in [9.17, 15) is 4.79 Å². The van der Waals surface area contributed by atoms with E-state index in [0.717, 1.165) is 25.7 Å². The monoisotopic (exact) mass is 236 g/mol. The van der Waals surface area contributed by atoms with E-state index in [-0.39, 0.29) is 6.61 Å². The Morgan fingerprint density at radius 1 is 1.06 bits per heavy atom. The Bertz CT molecular complexity index is 272. The summed E-state index contributed by atoms with van der Waals surface area (Å²) >= 11 is 0. The van der Waals surface area contributed by atoms with Gasteiger partial charge < -0.3 is 5.11 Å². The Balaban J connectivity index is 0.000000247. The fourth-order valence-electron chi connectivity index (χ4n) is 1.48. The molecule has 0 bridgehead atoms. The third kappa shape index (κ3) is 11.1. The summed E-state index contributed by atoms with van der Waals surface area (Å²) in [6.45, 7) is 4.01. The van der Waals surface area contributed by atoms with E-state index in [1.54, 1.807) is 6.92 Å². The molecule has 1 saturated carbocycles. The topological polar surface area (TPSA) is 37.3 Å². The van der Waals surface area contributed by atoms with Crippen LogP contribution in [-0.2, 0) is 4.79 Å². The van der Waals surface area contributed by atoms with Gasteiger partial charge in [0.1, 0.15) is 5.78 Å². The minimum atomic E-state index is 0.250. The molecule has 0 radical (unpaired) electrons. The SMILES string of the molecule is CCO.Cc1ccccc1.O=C1CCCCC1. The van der Waals surface area contributed by atoms with Crippen molar-refractivity contribution in [2.24, 2.45) is 0 Å². The third-order valence-electron chi connectivity index (χ3n) is 2.35. The Morgan fingerprint density at radius 3 is 1.76 bits per heavy atom. The van der Waals surface area contributed by atoms with Crippen molar-refractivity contribution >= 4 is 5.78 Å². The fourth-order valence-corrected chi connectivity index (χ4v) is 1.48. The number of ketones is 1. The molecule has 1 aromatic rings. The van der Waals surface area contributed by atoms with Crippen LogP contribution < -0.4 is 0 Å². The molecule has 0 saturated heterocycles. The van der Waals surface area contributed by atoms with Gasteiger partial charge in [0.2, 0.25) is 0 Å². The highest BCUT2D eigenvalue weighted by Crippen LogP contribution is 2.12. The lowest BCUT2D eigenvalue weighted by atomic mass is 10.00. The minimum Gasteiger partial charge on any atom is -0.397 e. The first-order chi connectivity index (χ1) is 8.20. The Hall–Kier alpha value is -1.15. The quantitative estimate of drug-likeness (QED) is 0.748. The molecule has 0 amide bonds. The molecule has 0 atom stereocenters. The lowest BCUT2D eigenvalue weighted by Gasteiger charge is -2.05. The van der Waals surface area contributed by atoms with E-state index in [1.807, 2.05) is 18.2 Å². The highest BCUT2D eigenvalue weighted by Gasteiger charge is 2.05. The number of hydrogen-bond acceptors (Lipinski definition) is 2. The number of aliphatic hydroxyl groups excluding tert-OH is 1. The molecule has 1 aliphatic rings. The molecule has 0 unspecified atom stereocenters. The van der Waals surface area contributed by atoms with Crippen LogP contribution in [0.3, 0.4) is 0 Å². The van der Waals surface area contributed by atoms with Gasteiger partial charge in [-0.15, -0.1) is 0 Å². The zero-order valence-corrected chi connectivity index (χ0v) is 11.0. The number of aliphatic hydroxyl groups is 1. The summed E-state index contributed by atoms with van der Waals surface area (Å²) in [6, 6.07) is 10.3. The molecular formula is C15H24O2. The molecule has 2 nitrogen and oxygen atoms in total. The summed E-state index contributed by atoms with van der Waals surface area (Å²) in [6.07, 6.45) is 5.24. The van der Waals surface area contributed by atoms with Gasteiger partial charge in [-0.2, -0.15) is 0 Å². The van der Waals surface area contributed by atoms with Gasteiger partial charge >= 0.3 is 0 Å². The van der Waals surface area contributed by atoms with E-state index in [2.05, 4.69) is 19.1 Å². The van der Waals surface area contributed by atoms with Gasteiger partial charge in [-0.1, -0.05) is 42.3 Å². The lowest BCUT2D eigenvalue weighted by Crippen LogP contribution is -2.02. The van der Waals surface area contributed by atoms with Crippen molar-refractivity contribution in [1.82, 2.24) is 0 Å². The molecule has 1 N–H and O–H groups in total. The van der Waals surface area contributed by atoms with Gasteiger partial charge in [0.25, 0.3) is 0 Å².